The van der Waals surface area contributed by atoms with Crippen LogP contribution in [0.5, 0.6) is 0 Å². The predicted octanol–water partition coefficient (Wildman–Crippen LogP) is 2.46. The van der Waals surface area contributed by atoms with Crippen LogP contribution in [0.25, 0.3) is 0 Å². The molecule has 1 heterocycles. The second kappa shape index (κ2) is 8.46. The number of nitrogens with one attached hydrogen (secondary N) is 1. The van der Waals surface area contributed by atoms with Crippen molar-refractivity contribution in [3.63, 3.8) is 0 Å². The van der Waals surface area contributed by atoms with Gasteiger partial charge in [0.25, 0.3) is 0 Å². The fourth-order valence-corrected chi connectivity index (χ4v) is 3.15. The van der Waals surface area contributed by atoms with Crippen molar-refractivity contribution in [2.45, 2.75) is 20.3 Å². The molecule has 0 aromatic rings. The van der Waals surface area contributed by atoms with E-state index in [0.29, 0.717) is 0 Å². The summed E-state index contributed by atoms with van der Waals surface area (Å²) in [6, 6.07) is 0. The maximum absolute atomic E-state index is 4.40. The minimum absolute atomic E-state index is 0.766. The Labute approximate surface area is 116 Å². The van der Waals surface area contributed by atoms with Gasteiger partial charge in [-0.3, -0.25) is 4.99 Å². The molecule has 2 atom stereocenters. The average Bonchev–Trinajstić information content (AvgIpc) is 2.32. The van der Waals surface area contributed by atoms with Crippen molar-refractivity contribution in [1.29, 1.82) is 0 Å². The third-order valence-corrected chi connectivity index (χ3v) is 4.11. The third kappa shape index (κ3) is 5.34. The fourth-order valence-electron chi connectivity index (χ4n) is 2.57. The van der Waals surface area contributed by atoms with E-state index >= 15 is 0 Å². The molecule has 3 nitrogen and oxygen atoms in total. The zero-order valence-electron chi connectivity index (χ0n) is 12.0. The number of likely N-dealkylation sites (tertiary alicyclic amines) is 1. The molecule has 0 aromatic carbocycles. The van der Waals surface area contributed by atoms with Gasteiger partial charge in [0, 0.05) is 38.2 Å². The summed E-state index contributed by atoms with van der Waals surface area (Å²) in [5.41, 5.74) is 0. The molecule has 104 valence electrons. The molecule has 1 fully saturated rings. The monoisotopic (exact) mass is 269 g/mol. The summed E-state index contributed by atoms with van der Waals surface area (Å²) < 4.78 is 0. The first-order valence-electron chi connectivity index (χ1n) is 6.81. The molecule has 1 aliphatic heterocycles. The zero-order chi connectivity index (χ0) is 13.4. The number of hydrogen-bond donors (Lipinski definition) is 1. The Morgan fingerprint density at radius 1 is 1.44 bits per heavy atom. The van der Waals surface area contributed by atoms with Crippen LogP contribution < -0.4 is 5.32 Å². The molecule has 2 unspecified atom stereocenters. The number of piperidine rings is 1. The lowest BCUT2D eigenvalue weighted by molar-refractivity contribution is 0.209. The topological polar surface area (TPSA) is 27.6 Å². The number of aliphatic imine (C=N–C) groups is 1. The second-order valence-corrected chi connectivity index (χ2v) is 6.34. The molecule has 0 bridgehead atoms. The Morgan fingerprint density at radius 2 is 2.11 bits per heavy atom. The number of guanidine groups is 1. The summed E-state index contributed by atoms with van der Waals surface area (Å²) in [5.74, 6) is 4.72. The SMILES string of the molecule is C=CCSCCNC(=NC)N1CC(C)CC(C)C1. The molecule has 4 heteroatoms. The summed E-state index contributed by atoms with van der Waals surface area (Å²) in [5, 5.41) is 3.46. The van der Waals surface area contributed by atoms with Gasteiger partial charge in [-0.2, -0.15) is 11.8 Å². The molecule has 0 aliphatic carbocycles. The molecule has 1 rings (SSSR count). The largest absolute Gasteiger partial charge is 0.355 e. The minimum Gasteiger partial charge on any atom is -0.355 e. The first-order valence-corrected chi connectivity index (χ1v) is 7.97. The predicted molar refractivity (Wildman–Crippen MR) is 83.4 cm³/mol. The highest BCUT2D eigenvalue weighted by Crippen LogP contribution is 2.20. The van der Waals surface area contributed by atoms with Crippen molar-refractivity contribution < 1.29 is 0 Å². The van der Waals surface area contributed by atoms with E-state index in [1.165, 1.54) is 6.42 Å². The second-order valence-electron chi connectivity index (χ2n) is 5.19. The van der Waals surface area contributed by atoms with E-state index in [4.69, 9.17) is 0 Å². The van der Waals surface area contributed by atoms with Crippen molar-refractivity contribution in [1.82, 2.24) is 10.2 Å². The molecule has 1 saturated heterocycles. The first-order chi connectivity index (χ1) is 8.67. The average molecular weight is 269 g/mol. The number of thioether (sulfide) groups is 1. The van der Waals surface area contributed by atoms with Crippen LogP contribution in [-0.2, 0) is 0 Å². The van der Waals surface area contributed by atoms with E-state index in [-0.39, 0.29) is 0 Å². The number of nitrogens with zero attached hydrogens (tertiary/aromatic N) is 2. The van der Waals surface area contributed by atoms with Crippen LogP contribution in [-0.4, -0.2) is 49.0 Å². The summed E-state index contributed by atoms with van der Waals surface area (Å²) in [4.78, 5) is 6.80. The van der Waals surface area contributed by atoms with Crippen molar-refractivity contribution in [2.24, 2.45) is 16.8 Å². The maximum atomic E-state index is 4.40. The Balaban J connectivity index is 2.34. The molecule has 0 spiro atoms. The maximum Gasteiger partial charge on any atom is 0.193 e. The van der Waals surface area contributed by atoms with E-state index in [1.54, 1.807) is 0 Å². The van der Waals surface area contributed by atoms with Gasteiger partial charge in [0.2, 0.25) is 0 Å². The molecule has 0 aromatic heterocycles. The quantitative estimate of drug-likeness (QED) is 0.360. The first kappa shape index (κ1) is 15.4. The summed E-state index contributed by atoms with van der Waals surface area (Å²) in [7, 11) is 1.88. The molecule has 0 saturated carbocycles. The van der Waals surface area contributed by atoms with Crippen LogP contribution in [0.1, 0.15) is 20.3 Å². The van der Waals surface area contributed by atoms with E-state index in [2.05, 4.69) is 35.6 Å². The Hall–Kier alpha value is -0.640. The van der Waals surface area contributed by atoms with Gasteiger partial charge in [-0.1, -0.05) is 19.9 Å². The molecule has 18 heavy (non-hydrogen) atoms. The van der Waals surface area contributed by atoms with Gasteiger partial charge in [-0.15, -0.1) is 6.58 Å². The van der Waals surface area contributed by atoms with Crippen molar-refractivity contribution in [3.8, 4) is 0 Å². The van der Waals surface area contributed by atoms with Gasteiger partial charge < -0.3 is 10.2 Å². The molecular weight excluding hydrogens is 242 g/mol. The van der Waals surface area contributed by atoms with E-state index in [9.17, 15) is 0 Å². The highest BCUT2D eigenvalue weighted by molar-refractivity contribution is 7.99. The van der Waals surface area contributed by atoms with Gasteiger partial charge in [0.15, 0.2) is 5.96 Å². The summed E-state index contributed by atoms with van der Waals surface area (Å²) in [6.45, 7) is 11.6. The van der Waals surface area contributed by atoms with E-state index < -0.39 is 0 Å². The van der Waals surface area contributed by atoms with Crippen molar-refractivity contribution in [3.05, 3.63) is 12.7 Å². The molecule has 1 aliphatic rings. The Bertz CT molecular complexity index is 268. The van der Waals surface area contributed by atoms with Crippen LogP contribution in [0, 0.1) is 11.8 Å². The zero-order valence-corrected chi connectivity index (χ0v) is 12.8. The highest BCUT2D eigenvalue weighted by atomic mass is 32.2. The number of rotatable bonds is 5. The molecule has 0 amide bonds. The van der Waals surface area contributed by atoms with E-state index in [0.717, 1.165) is 48.9 Å². The van der Waals surface area contributed by atoms with Crippen LogP contribution in [0.2, 0.25) is 0 Å². The molecular formula is C14H27N3S. The van der Waals surface area contributed by atoms with Crippen LogP contribution in [0.3, 0.4) is 0 Å². The summed E-state index contributed by atoms with van der Waals surface area (Å²) in [6.07, 6.45) is 3.29. The van der Waals surface area contributed by atoms with Gasteiger partial charge in [0.05, 0.1) is 0 Å². The standard InChI is InChI=1S/C14H27N3S/c1-5-7-18-8-6-16-14(15-4)17-10-12(2)9-13(3)11-17/h5,12-13H,1,6-11H2,2-4H3,(H,15,16). The van der Waals surface area contributed by atoms with Gasteiger partial charge in [-0.05, 0) is 18.3 Å². The Kier molecular flexibility index (Phi) is 7.25. The van der Waals surface area contributed by atoms with Gasteiger partial charge in [0.1, 0.15) is 0 Å². The molecule has 1 N–H and O–H groups in total. The smallest absolute Gasteiger partial charge is 0.193 e. The lowest BCUT2D eigenvalue weighted by Crippen LogP contribution is -2.48. The van der Waals surface area contributed by atoms with Crippen LogP contribution in [0.15, 0.2) is 17.6 Å². The van der Waals surface area contributed by atoms with Crippen LogP contribution in [0.4, 0.5) is 0 Å². The molecule has 0 radical (unpaired) electrons. The van der Waals surface area contributed by atoms with Gasteiger partial charge in [-0.25, -0.2) is 0 Å². The number of hydrogen-bond acceptors (Lipinski definition) is 2. The highest BCUT2D eigenvalue weighted by Gasteiger charge is 2.23. The Morgan fingerprint density at radius 3 is 2.67 bits per heavy atom. The fraction of sp³-hybridized carbons (Fsp3) is 0.786. The third-order valence-electron chi connectivity index (χ3n) is 3.15. The van der Waals surface area contributed by atoms with Crippen LogP contribution >= 0.6 is 11.8 Å². The van der Waals surface area contributed by atoms with Crippen molar-refractivity contribution >= 4 is 17.7 Å². The lowest BCUT2D eigenvalue weighted by atomic mass is 9.92. The lowest BCUT2D eigenvalue weighted by Gasteiger charge is -2.37. The van der Waals surface area contributed by atoms with E-state index in [1.807, 2.05) is 24.9 Å². The van der Waals surface area contributed by atoms with Gasteiger partial charge >= 0.3 is 0 Å². The normalized spacial score (nSPS) is 25.1. The minimum atomic E-state index is 0.766. The van der Waals surface area contributed by atoms with Crippen molar-refractivity contribution in [2.75, 3.05) is 38.2 Å². The summed E-state index contributed by atoms with van der Waals surface area (Å²) >= 11 is 1.90.